The van der Waals surface area contributed by atoms with Crippen molar-refractivity contribution in [2.45, 2.75) is 270 Å². The van der Waals surface area contributed by atoms with Gasteiger partial charge in [-0.05, 0) is 44.9 Å². The monoisotopic (exact) mass is 917 g/mol. The summed E-state index contributed by atoms with van der Waals surface area (Å²) in [6.45, 7) is 4.67. The molecule has 0 aromatic carbocycles. The molecule has 0 aromatic heterocycles. The smallest absolute Gasteiger partial charge is 0.362 e. The molecule has 0 aliphatic carbocycles. The summed E-state index contributed by atoms with van der Waals surface area (Å²) < 4.78 is 17.4. The molecule has 8 nitrogen and oxygen atoms in total. The maximum atomic E-state index is 12.8. The molecule has 0 aliphatic heterocycles. The number of carbonyl (C=O) groups is 3. The second-order valence-electron chi connectivity index (χ2n) is 19.8. The molecule has 0 aliphatic rings. The fourth-order valence-corrected chi connectivity index (χ4v) is 8.34. The van der Waals surface area contributed by atoms with Crippen molar-refractivity contribution in [1.82, 2.24) is 0 Å². The number of esters is 2. The number of carbonyl (C=O) groups excluding carboxylic acids is 2. The largest absolute Gasteiger partial charge is 0.477 e. The van der Waals surface area contributed by atoms with Crippen LogP contribution in [0.5, 0.6) is 0 Å². The fourth-order valence-electron chi connectivity index (χ4n) is 8.34. The molecular formula is C57H106NO7+. The number of carboxylic acids is 1. The molecule has 2 unspecified atom stereocenters. The molecule has 0 amide bonds. The van der Waals surface area contributed by atoms with Gasteiger partial charge < -0.3 is 23.8 Å². The van der Waals surface area contributed by atoms with E-state index in [1.807, 2.05) is 21.1 Å². The average Bonchev–Trinajstić information content (AvgIpc) is 3.27. The van der Waals surface area contributed by atoms with Crippen LogP contribution in [0.1, 0.15) is 258 Å². The van der Waals surface area contributed by atoms with E-state index in [1.165, 1.54) is 161 Å². The molecule has 0 spiro atoms. The van der Waals surface area contributed by atoms with E-state index < -0.39 is 18.1 Å². The number of rotatable bonds is 50. The number of nitrogens with zero attached hydrogens (tertiary/aromatic N) is 1. The van der Waals surface area contributed by atoms with E-state index in [0.717, 1.165) is 64.2 Å². The van der Waals surface area contributed by atoms with Crippen molar-refractivity contribution in [3.05, 3.63) is 36.5 Å². The fraction of sp³-hybridized carbons (Fsp3) is 0.842. The van der Waals surface area contributed by atoms with Gasteiger partial charge in [0.05, 0.1) is 34.4 Å². The highest BCUT2D eigenvalue weighted by atomic mass is 16.6. The molecule has 65 heavy (non-hydrogen) atoms. The van der Waals surface area contributed by atoms with E-state index in [0.29, 0.717) is 19.3 Å². The second kappa shape index (κ2) is 48.0. The van der Waals surface area contributed by atoms with E-state index in [9.17, 15) is 19.5 Å². The molecule has 0 rings (SSSR count). The van der Waals surface area contributed by atoms with Crippen LogP contribution < -0.4 is 0 Å². The molecule has 0 bridgehead atoms. The number of unbranched alkanes of at least 4 members (excludes halogenated alkanes) is 30. The number of carboxylic acid groups (broad SMARTS) is 1. The van der Waals surface area contributed by atoms with Gasteiger partial charge in [0.25, 0.3) is 0 Å². The van der Waals surface area contributed by atoms with Gasteiger partial charge in [-0.25, -0.2) is 4.79 Å². The summed E-state index contributed by atoms with van der Waals surface area (Å²) in [5.41, 5.74) is 0. The van der Waals surface area contributed by atoms with Crippen molar-refractivity contribution in [2.24, 2.45) is 0 Å². The predicted molar refractivity (Wildman–Crippen MR) is 275 cm³/mol. The summed E-state index contributed by atoms with van der Waals surface area (Å²) in [6, 6.07) is -0.615. The van der Waals surface area contributed by atoms with Crippen LogP contribution >= 0.6 is 0 Å². The van der Waals surface area contributed by atoms with Gasteiger partial charge in [-0.1, -0.05) is 230 Å². The Labute approximate surface area is 402 Å². The highest BCUT2D eigenvalue weighted by Gasteiger charge is 2.31. The summed E-state index contributed by atoms with van der Waals surface area (Å²) in [5.74, 6) is -1.46. The predicted octanol–water partition coefficient (Wildman–Crippen LogP) is 16.1. The van der Waals surface area contributed by atoms with Crippen LogP contribution in [0, 0.1) is 0 Å². The number of hydrogen-bond donors (Lipinski definition) is 1. The molecule has 0 saturated carbocycles. The average molecular weight is 917 g/mol. The minimum atomic E-state index is -0.873. The standard InChI is InChI=1S/C57H105NO7/c1-6-8-10-12-14-16-18-20-22-24-26-27-28-30-31-33-35-37-39-41-43-45-47-55(59)64-52-53(51-63-50-49-54(57(61)62)58(3,4)5)65-56(60)48-46-44-42-40-38-36-34-32-29-25-23-21-19-17-15-13-11-9-7-2/h9,11,15,17,21,23,53-54H,6-8,10,12-14,16,18-20,22,24-52H2,1-5H3/p+1/b11-9+,17-15+,23-21+. The Morgan fingerprint density at radius 2 is 0.862 bits per heavy atom. The third-order valence-electron chi connectivity index (χ3n) is 12.6. The van der Waals surface area contributed by atoms with Gasteiger partial charge in [0.1, 0.15) is 6.61 Å². The molecule has 0 saturated heterocycles. The summed E-state index contributed by atoms with van der Waals surface area (Å²) in [7, 11) is 5.54. The number of ether oxygens (including phenoxy) is 3. The maximum absolute atomic E-state index is 12.8. The minimum Gasteiger partial charge on any atom is -0.477 e. The molecule has 8 heteroatoms. The minimum absolute atomic E-state index is 0.0492. The quantitative estimate of drug-likeness (QED) is 0.0281. The van der Waals surface area contributed by atoms with Gasteiger partial charge in [-0.3, -0.25) is 9.59 Å². The lowest BCUT2D eigenvalue weighted by molar-refractivity contribution is -0.887. The number of allylic oxidation sites excluding steroid dienone is 6. The van der Waals surface area contributed by atoms with Gasteiger partial charge in [-0.15, -0.1) is 0 Å². The molecule has 0 fully saturated rings. The zero-order valence-corrected chi connectivity index (χ0v) is 43.5. The van der Waals surface area contributed by atoms with E-state index in [1.54, 1.807) is 0 Å². The number of likely N-dealkylation sites (N-methyl/N-ethyl adjacent to an activating group) is 1. The van der Waals surface area contributed by atoms with Crippen molar-refractivity contribution in [2.75, 3.05) is 41.0 Å². The van der Waals surface area contributed by atoms with Crippen LogP contribution in [0.2, 0.25) is 0 Å². The summed E-state index contributed by atoms with van der Waals surface area (Å²) >= 11 is 0. The van der Waals surface area contributed by atoms with Crippen molar-refractivity contribution >= 4 is 17.9 Å². The number of quaternary nitrogens is 1. The third kappa shape index (κ3) is 46.4. The van der Waals surface area contributed by atoms with E-state index in [4.69, 9.17) is 14.2 Å². The van der Waals surface area contributed by atoms with E-state index in [-0.39, 0.29) is 36.2 Å². The van der Waals surface area contributed by atoms with Crippen molar-refractivity contribution < 1.29 is 38.2 Å². The van der Waals surface area contributed by atoms with Crippen LogP contribution in [0.25, 0.3) is 0 Å². The lowest BCUT2D eigenvalue weighted by Crippen LogP contribution is -2.50. The van der Waals surface area contributed by atoms with Crippen LogP contribution in [0.4, 0.5) is 0 Å². The van der Waals surface area contributed by atoms with Gasteiger partial charge in [0, 0.05) is 19.3 Å². The first-order chi connectivity index (χ1) is 31.6. The highest BCUT2D eigenvalue weighted by Crippen LogP contribution is 2.17. The first-order valence-corrected chi connectivity index (χ1v) is 27.5. The highest BCUT2D eigenvalue weighted by molar-refractivity contribution is 5.72. The zero-order chi connectivity index (χ0) is 47.7. The Bertz CT molecular complexity index is 1160. The van der Waals surface area contributed by atoms with Gasteiger partial charge >= 0.3 is 17.9 Å². The molecule has 0 aromatic rings. The van der Waals surface area contributed by atoms with Crippen LogP contribution in [-0.4, -0.2) is 80.6 Å². The van der Waals surface area contributed by atoms with Gasteiger partial charge in [0.15, 0.2) is 12.1 Å². The Morgan fingerprint density at radius 3 is 1.28 bits per heavy atom. The van der Waals surface area contributed by atoms with Gasteiger partial charge in [0.2, 0.25) is 0 Å². The normalized spacial score (nSPS) is 13.1. The van der Waals surface area contributed by atoms with Crippen molar-refractivity contribution in [1.29, 1.82) is 0 Å². The second-order valence-corrected chi connectivity index (χ2v) is 19.8. The lowest BCUT2D eigenvalue weighted by atomic mass is 10.0. The summed E-state index contributed by atoms with van der Waals surface area (Å²) in [4.78, 5) is 37.2. The van der Waals surface area contributed by atoms with Crippen LogP contribution in [0.15, 0.2) is 36.5 Å². The molecule has 380 valence electrons. The lowest BCUT2D eigenvalue weighted by Gasteiger charge is -2.31. The first kappa shape index (κ1) is 62.5. The molecule has 0 radical (unpaired) electrons. The Morgan fingerprint density at radius 1 is 0.477 bits per heavy atom. The van der Waals surface area contributed by atoms with Crippen LogP contribution in [-0.2, 0) is 28.6 Å². The molecule has 0 heterocycles. The number of aliphatic carboxylic acids is 1. The number of hydrogen-bond acceptors (Lipinski definition) is 6. The Kier molecular flexibility index (Phi) is 46.2. The summed E-state index contributed by atoms with van der Waals surface area (Å²) in [6.07, 6.45) is 57.7. The molecule has 1 N–H and O–H groups in total. The Hall–Kier alpha value is -2.45. The van der Waals surface area contributed by atoms with Crippen molar-refractivity contribution in [3.63, 3.8) is 0 Å². The van der Waals surface area contributed by atoms with Crippen LogP contribution in [0.3, 0.4) is 0 Å². The van der Waals surface area contributed by atoms with Crippen molar-refractivity contribution in [3.8, 4) is 0 Å². The first-order valence-electron chi connectivity index (χ1n) is 27.5. The summed E-state index contributed by atoms with van der Waals surface area (Å²) in [5, 5.41) is 9.67. The molecular weight excluding hydrogens is 811 g/mol. The SMILES string of the molecule is CC/C=C/C/C=C/C/C=C/CCCCCCCCCCCC(=O)OC(COCCC(C(=O)O)[N+](C)(C)C)COC(=O)CCCCCCCCCCCCCCCCCCCCCCCC. The molecule has 2 atom stereocenters. The topological polar surface area (TPSA) is 99.1 Å². The maximum Gasteiger partial charge on any atom is 0.362 e. The zero-order valence-electron chi connectivity index (χ0n) is 43.5. The Balaban J connectivity index is 4.16. The van der Waals surface area contributed by atoms with Gasteiger partial charge in [-0.2, -0.15) is 0 Å². The third-order valence-corrected chi connectivity index (χ3v) is 12.6. The van der Waals surface area contributed by atoms with E-state index >= 15 is 0 Å². The van der Waals surface area contributed by atoms with E-state index in [2.05, 4.69) is 50.3 Å².